The molecule has 0 bridgehead atoms. The summed E-state index contributed by atoms with van der Waals surface area (Å²) < 4.78 is 5.70. The minimum Gasteiger partial charge on any atom is -0.377 e. The van der Waals surface area contributed by atoms with E-state index in [0.717, 1.165) is 31.8 Å². The van der Waals surface area contributed by atoms with E-state index in [0.29, 0.717) is 12.6 Å². The Morgan fingerprint density at radius 3 is 3.06 bits per heavy atom. The minimum atomic E-state index is 0.155. The second-order valence-electron chi connectivity index (χ2n) is 4.61. The zero-order chi connectivity index (χ0) is 12.8. The van der Waals surface area contributed by atoms with Gasteiger partial charge < -0.3 is 10.5 Å². The van der Waals surface area contributed by atoms with Crippen molar-refractivity contribution in [3.8, 4) is 0 Å². The molecule has 5 heteroatoms. The molecule has 0 amide bonds. The molecule has 0 aromatic carbocycles. The van der Waals surface area contributed by atoms with Crippen LogP contribution in [0.15, 0.2) is 18.6 Å². The number of nitrogens with two attached hydrogens (primary N) is 1. The van der Waals surface area contributed by atoms with Crippen LogP contribution in [0.4, 0.5) is 0 Å². The van der Waals surface area contributed by atoms with Crippen molar-refractivity contribution in [1.82, 2.24) is 14.9 Å². The molecule has 1 aliphatic rings. The minimum absolute atomic E-state index is 0.155. The highest BCUT2D eigenvalue weighted by Gasteiger charge is 2.24. The lowest BCUT2D eigenvalue weighted by molar-refractivity contribution is 0.0594. The van der Waals surface area contributed by atoms with Gasteiger partial charge >= 0.3 is 0 Å². The largest absolute Gasteiger partial charge is 0.377 e. The molecular weight excluding hydrogens is 228 g/mol. The van der Waals surface area contributed by atoms with Crippen molar-refractivity contribution in [2.24, 2.45) is 5.73 Å². The molecule has 2 atom stereocenters. The van der Waals surface area contributed by atoms with E-state index in [1.807, 2.05) is 6.07 Å². The van der Waals surface area contributed by atoms with Crippen LogP contribution < -0.4 is 5.73 Å². The maximum absolute atomic E-state index is 5.91. The lowest BCUT2D eigenvalue weighted by Gasteiger charge is -2.31. The molecule has 1 saturated heterocycles. The third-order valence-corrected chi connectivity index (χ3v) is 3.48. The molecule has 5 nitrogen and oxygen atoms in total. The third kappa shape index (κ3) is 3.25. The predicted molar refractivity (Wildman–Crippen MR) is 70.0 cm³/mol. The quantitative estimate of drug-likeness (QED) is 0.815. The lowest BCUT2D eigenvalue weighted by atomic mass is 10.1. The molecule has 0 spiro atoms. The van der Waals surface area contributed by atoms with Crippen molar-refractivity contribution in [3.05, 3.63) is 24.3 Å². The fourth-order valence-electron chi connectivity index (χ4n) is 2.48. The number of ether oxygens (including phenoxy) is 1. The summed E-state index contributed by atoms with van der Waals surface area (Å²) in [6, 6.07) is 2.09. The van der Waals surface area contributed by atoms with Crippen molar-refractivity contribution >= 4 is 0 Å². The molecule has 0 saturated carbocycles. The van der Waals surface area contributed by atoms with Crippen LogP contribution in [0.5, 0.6) is 0 Å². The molecule has 2 rings (SSSR count). The van der Waals surface area contributed by atoms with Gasteiger partial charge in [0.05, 0.1) is 17.8 Å². The molecule has 1 aromatic rings. The van der Waals surface area contributed by atoms with Crippen LogP contribution >= 0.6 is 0 Å². The topological polar surface area (TPSA) is 64.3 Å². The summed E-state index contributed by atoms with van der Waals surface area (Å²) in [6.45, 7) is 5.49. The first kappa shape index (κ1) is 13.4. The Balaban J connectivity index is 2.03. The monoisotopic (exact) mass is 250 g/mol. The normalized spacial score (nSPS) is 21.4. The van der Waals surface area contributed by atoms with Gasteiger partial charge in [-0.15, -0.1) is 0 Å². The average molecular weight is 250 g/mol. The summed E-state index contributed by atoms with van der Waals surface area (Å²) in [5, 5.41) is 0. The summed E-state index contributed by atoms with van der Waals surface area (Å²) >= 11 is 0. The van der Waals surface area contributed by atoms with Crippen molar-refractivity contribution in [3.63, 3.8) is 0 Å². The molecule has 1 aromatic heterocycles. The maximum atomic E-state index is 5.91. The Morgan fingerprint density at radius 1 is 1.61 bits per heavy atom. The van der Waals surface area contributed by atoms with Crippen LogP contribution in [-0.4, -0.2) is 47.2 Å². The first-order valence-corrected chi connectivity index (χ1v) is 6.66. The van der Waals surface area contributed by atoms with E-state index < -0.39 is 0 Å². The molecule has 1 aliphatic heterocycles. The molecule has 2 unspecified atom stereocenters. The summed E-state index contributed by atoms with van der Waals surface area (Å²) in [5.74, 6) is 0. The van der Waals surface area contributed by atoms with Gasteiger partial charge in [0.1, 0.15) is 6.33 Å². The van der Waals surface area contributed by atoms with Crippen LogP contribution in [0.2, 0.25) is 0 Å². The highest BCUT2D eigenvalue weighted by atomic mass is 16.5. The summed E-state index contributed by atoms with van der Waals surface area (Å²) in [6.07, 6.45) is 6.02. The van der Waals surface area contributed by atoms with Gasteiger partial charge in [0.25, 0.3) is 0 Å². The molecule has 1 fully saturated rings. The van der Waals surface area contributed by atoms with E-state index in [-0.39, 0.29) is 6.04 Å². The fraction of sp³-hybridized carbons (Fsp3) is 0.692. The zero-order valence-electron chi connectivity index (χ0n) is 11.0. The Kier molecular flexibility index (Phi) is 5.04. The number of aromatic nitrogens is 2. The van der Waals surface area contributed by atoms with Crippen molar-refractivity contribution in [1.29, 1.82) is 0 Å². The van der Waals surface area contributed by atoms with E-state index in [1.165, 1.54) is 6.42 Å². The van der Waals surface area contributed by atoms with Crippen LogP contribution in [-0.2, 0) is 4.74 Å². The van der Waals surface area contributed by atoms with Gasteiger partial charge in [0, 0.05) is 25.9 Å². The van der Waals surface area contributed by atoms with Crippen molar-refractivity contribution in [2.75, 3.05) is 26.2 Å². The zero-order valence-corrected chi connectivity index (χ0v) is 11.0. The third-order valence-electron chi connectivity index (χ3n) is 3.48. The Labute approximate surface area is 108 Å². The molecule has 0 radical (unpaired) electrons. The van der Waals surface area contributed by atoms with Crippen LogP contribution in [0.3, 0.4) is 0 Å². The van der Waals surface area contributed by atoms with Crippen LogP contribution in [0, 0.1) is 0 Å². The Hall–Kier alpha value is -1.04. The second-order valence-corrected chi connectivity index (χ2v) is 4.61. The Morgan fingerprint density at radius 2 is 2.50 bits per heavy atom. The molecule has 18 heavy (non-hydrogen) atoms. The van der Waals surface area contributed by atoms with Gasteiger partial charge in [-0.25, -0.2) is 9.97 Å². The number of likely N-dealkylation sites (N-methyl/N-ethyl adjacent to an activating group) is 1. The molecule has 100 valence electrons. The van der Waals surface area contributed by atoms with E-state index >= 15 is 0 Å². The van der Waals surface area contributed by atoms with Crippen molar-refractivity contribution in [2.45, 2.75) is 31.9 Å². The van der Waals surface area contributed by atoms with Gasteiger partial charge in [-0.3, -0.25) is 4.90 Å². The fourth-order valence-corrected chi connectivity index (χ4v) is 2.48. The van der Waals surface area contributed by atoms with Crippen LogP contribution in [0.25, 0.3) is 0 Å². The number of hydrogen-bond donors (Lipinski definition) is 1. The average Bonchev–Trinajstić information content (AvgIpc) is 2.92. The summed E-state index contributed by atoms with van der Waals surface area (Å²) in [4.78, 5) is 10.6. The standard InChI is InChI=1S/C13H22N4O/c1-2-17(9-11-4-3-7-18-11)13(8-14)12-5-6-15-10-16-12/h5-6,10-11,13H,2-4,7-9,14H2,1H3. The SMILES string of the molecule is CCN(CC1CCCO1)C(CN)c1ccncn1. The highest BCUT2D eigenvalue weighted by Crippen LogP contribution is 2.20. The molecule has 2 heterocycles. The summed E-state index contributed by atoms with van der Waals surface area (Å²) in [5.41, 5.74) is 6.91. The van der Waals surface area contributed by atoms with Gasteiger partial charge in [-0.1, -0.05) is 6.92 Å². The molecule has 0 aliphatic carbocycles. The number of nitrogens with zero attached hydrogens (tertiary/aromatic N) is 3. The van der Waals surface area contributed by atoms with E-state index in [2.05, 4.69) is 21.8 Å². The Bertz CT molecular complexity index is 340. The second kappa shape index (κ2) is 6.78. The van der Waals surface area contributed by atoms with Gasteiger partial charge in [-0.2, -0.15) is 0 Å². The van der Waals surface area contributed by atoms with E-state index in [9.17, 15) is 0 Å². The highest BCUT2D eigenvalue weighted by molar-refractivity contribution is 5.06. The summed E-state index contributed by atoms with van der Waals surface area (Å²) in [7, 11) is 0. The lowest BCUT2D eigenvalue weighted by Crippen LogP contribution is -2.39. The predicted octanol–water partition coefficient (Wildman–Crippen LogP) is 0.977. The maximum Gasteiger partial charge on any atom is 0.115 e. The van der Waals surface area contributed by atoms with E-state index in [4.69, 9.17) is 10.5 Å². The molecular formula is C13H22N4O. The van der Waals surface area contributed by atoms with Crippen molar-refractivity contribution < 1.29 is 4.74 Å². The number of rotatable bonds is 6. The molecule has 2 N–H and O–H groups in total. The van der Waals surface area contributed by atoms with Gasteiger partial charge in [-0.05, 0) is 25.5 Å². The first-order chi connectivity index (χ1) is 8.85. The smallest absolute Gasteiger partial charge is 0.115 e. The van der Waals surface area contributed by atoms with Gasteiger partial charge in [0.15, 0.2) is 0 Å². The first-order valence-electron chi connectivity index (χ1n) is 6.66. The van der Waals surface area contributed by atoms with Crippen LogP contribution in [0.1, 0.15) is 31.5 Å². The van der Waals surface area contributed by atoms with E-state index in [1.54, 1.807) is 12.5 Å². The van der Waals surface area contributed by atoms with Gasteiger partial charge in [0.2, 0.25) is 0 Å². The number of hydrogen-bond acceptors (Lipinski definition) is 5.